The second-order valence-corrected chi connectivity index (χ2v) is 6.50. The van der Waals surface area contributed by atoms with Crippen LogP contribution in [0, 0.1) is 5.92 Å². The summed E-state index contributed by atoms with van der Waals surface area (Å²) in [5, 5.41) is 0. The van der Waals surface area contributed by atoms with E-state index in [4.69, 9.17) is 4.74 Å². The molecule has 0 aliphatic carbocycles. The van der Waals surface area contributed by atoms with Crippen LogP contribution in [0.25, 0.3) is 0 Å². The average Bonchev–Trinajstić information content (AvgIpc) is 2.99. The monoisotopic (exact) mass is 311 g/mol. The number of nitrogens with zero attached hydrogens (tertiary/aromatic N) is 5. The van der Waals surface area contributed by atoms with Crippen molar-refractivity contribution in [2.45, 2.75) is 31.3 Å². The normalized spacial score (nSPS) is 23.3. The molecule has 1 atom stereocenters. The molecule has 2 saturated heterocycles. The molecule has 2 aliphatic heterocycles. The summed E-state index contributed by atoms with van der Waals surface area (Å²) in [7, 11) is 0. The maximum absolute atomic E-state index is 6.23. The van der Waals surface area contributed by atoms with Gasteiger partial charge in [-0.25, -0.2) is 9.97 Å². The molecule has 1 spiro atoms. The predicted octanol–water partition coefficient (Wildman–Crippen LogP) is 1.88. The highest BCUT2D eigenvalue weighted by molar-refractivity contribution is 5.29. The Kier molecular flexibility index (Phi) is 3.91. The van der Waals surface area contributed by atoms with Crippen molar-refractivity contribution in [2.24, 2.45) is 5.92 Å². The standard InChI is InChI=1S/C17H21N5O/c1-4-20-16(21-5-1)22-8-2-17(3-9-22)11-14(13-23-17)10-15-12-18-6-7-19-15/h1,4-7,12,14H,2-3,8-11,13H2/t14-/m1/s1. The molecule has 2 aromatic rings. The topological polar surface area (TPSA) is 64.0 Å². The van der Waals surface area contributed by atoms with Crippen molar-refractivity contribution in [3.05, 3.63) is 42.7 Å². The van der Waals surface area contributed by atoms with Crippen LogP contribution >= 0.6 is 0 Å². The lowest BCUT2D eigenvalue weighted by molar-refractivity contribution is -0.0154. The van der Waals surface area contributed by atoms with Gasteiger partial charge >= 0.3 is 0 Å². The molecule has 0 N–H and O–H groups in total. The largest absolute Gasteiger partial charge is 0.375 e. The minimum Gasteiger partial charge on any atom is -0.375 e. The van der Waals surface area contributed by atoms with E-state index in [0.717, 1.165) is 57.0 Å². The Bertz CT molecular complexity index is 628. The van der Waals surface area contributed by atoms with Crippen LogP contribution < -0.4 is 4.90 Å². The molecule has 0 amide bonds. The van der Waals surface area contributed by atoms with Gasteiger partial charge in [0.15, 0.2) is 0 Å². The van der Waals surface area contributed by atoms with E-state index in [-0.39, 0.29) is 5.60 Å². The summed E-state index contributed by atoms with van der Waals surface area (Å²) in [6, 6.07) is 1.85. The molecular weight excluding hydrogens is 290 g/mol. The SMILES string of the molecule is c1cnc(N2CCC3(CC2)C[C@@H](Cc2cnccn2)CO3)nc1. The quantitative estimate of drug-likeness (QED) is 0.862. The van der Waals surface area contributed by atoms with Crippen molar-refractivity contribution in [2.75, 3.05) is 24.6 Å². The first-order valence-electron chi connectivity index (χ1n) is 8.24. The summed E-state index contributed by atoms with van der Waals surface area (Å²) >= 11 is 0. The Morgan fingerprint density at radius 2 is 1.91 bits per heavy atom. The van der Waals surface area contributed by atoms with Gasteiger partial charge in [0.2, 0.25) is 5.95 Å². The molecule has 4 heterocycles. The minimum atomic E-state index is 0.0398. The van der Waals surface area contributed by atoms with E-state index in [1.807, 2.05) is 12.3 Å². The fourth-order valence-corrected chi connectivity index (χ4v) is 3.72. The van der Waals surface area contributed by atoms with Crippen LogP contribution in [-0.2, 0) is 11.2 Å². The van der Waals surface area contributed by atoms with Gasteiger partial charge in [0.05, 0.1) is 17.9 Å². The number of piperidine rings is 1. The first kappa shape index (κ1) is 14.5. The molecular formula is C17H21N5O. The van der Waals surface area contributed by atoms with Crippen LogP contribution in [-0.4, -0.2) is 45.2 Å². The summed E-state index contributed by atoms with van der Waals surface area (Å²) in [5.74, 6) is 1.38. The molecule has 2 aliphatic rings. The zero-order chi connectivity index (χ0) is 15.5. The van der Waals surface area contributed by atoms with Crippen molar-refractivity contribution in [3.8, 4) is 0 Å². The van der Waals surface area contributed by atoms with Crippen molar-refractivity contribution in [1.29, 1.82) is 0 Å². The van der Waals surface area contributed by atoms with E-state index in [2.05, 4.69) is 24.8 Å². The van der Waals surface area contributed by atoms with Crippen LogP contribution in [0.4, 0.5) is 5.95 Å². The molecule has 0 bridgehead atoms. The highest BCUT2D eigenvalue weighted by Gasteiger charge is 2.43. The Hall–Kier alpha value is -2.08. The van der Waals surface area contributed by atoms with Gasteiger partial charge in [-0.15, -0.1) is 0 Å². The highest BCUT2D eigenvalue weighted by atomic mass is 16.5. The molecule has 120 valence electrons. The lowest BCUT2D eigenvalue weighted by Crippen LogP contribution is -2.44. The molecule has 0 saturated carbocycles. The second-order valence-electron chi connectivity index (χ2n) is 6.50. The van der Waals surface area contributed by atoms with Crippen molar-refractivity contribution in [1.82, 2.24) is 19.9 Å². The van der Waals surface area contributed by atoms with Crippen LogP contribution in [0.1, 0.15) is 25.0 Å². The number of ether oxygens (including phenoxy) is 1. The van der Waals surface area contributed by atoms with Gasteiger partial charge in [-0.3, -0.25) is 9.97 Å². The van der Waals surface area contributed by atoms with E-state index >= 15 is 0 Å². The van der Waals surface area contributed by atoms with Gasteiger partial charge < -0.3 is 9.64 Å². The van der Waals surface area contributed by atoms with E-state index in [1.165, 1.54) is 0 Å². The zero-order valence-electron chi connectivity index (χ0n) is 13.1. The van der Waals surface area contributed by atoms with Gasteiger partial charge in [-0.05, 0) is 37.7 Å². The van der Waals surface area contributed by atoms with Crippen LogP contribution in [0.5, 0.6) is 0 Å². The van der Waals surface area contributed by atoms with E-state index in [1.54, 1.807) is 24.8 Å². The van der Waals surface area contributed by atoms with Crippen LogP contribution in [0.15, 0.2) is 37.1 Å². The lowest BCUT2D eigenvalue weighted by atomic mass is 9.84. The van der Waals surface area contributed by atoms with Crippen LogP contribution in [0.3, 0.4) is 0 Å². The van der Waals surface area contributed by atoms with Crippen molar-refractivity contribution >= 4 is 5.95 Å². The molecule has 23 heavy (non-hydrogen) atoms. The minimum absolute atomic E-state index is 0.0398. The maximum atomic E-state index is 6.23. The van der Waals surface area contributed by atoms with Gasteiger partial charge in [0.1, 0.15) is 0 Å². The van der Waals surface area contributed by atoms with Gasteiger partial charge in [-0.2, -0.15) is 0 Å². The summed E-state index contributed by atoms with van der Waals surface area (Å²) < 4.78 is 6.23. The summed E-state index contributed by atoms with van der Waals surface area (Å²) in [4.78, 5) is 19.5. The second kappa shape index (κ2) is 6.20. The number of aromatic nitrogens is 4. The van der Waals surface area contributed by atoms with E-state index in [9.17, 15) is 0 Å². The van der Waals surface area contributed by atoms with Crippen molar-refractivity contribution in [3.63, 3.8) is 0 Å². The number of rotatable bonds is 3. The third-order valence-electron chi connectivity index (χ3n) is 4.91. The number of hydrogen-bond acceptors (Lipinski definition) is 6. The third kappa shape index (κ3) is 3.17. The highest BCUT2D eigenvalue weighted by Crippen LogP contribution is 2.39. The lowest BCUT2D eigenvalue weighted by Gasteiger charge is -2.38. The number of anilines is 1. The Balaban J connectivity index is 1.35. The van der Waals surface area contributed by atoms with Crippen molar-refractivity contribution < 1.29 is 4.74 Å². The smallest absolute Gasteiger partial charge is 0.225 e. The first-order chi connectivity index (χ1) is 11.3. The zero-order valence-corrected chi connectivity index (χ0v) is 13.1. The number of hydrogen-bond donors (Lipinski definition) is 0. The summed E-state index contributed by atoms with van der Waals surface area (Å²) in [6.45, 7) is 2.75. The molecule has 0 aromatic carbocycles. The van der Waals surface area contributed by atoms with E-state index in [0.29, 0.717) is 5.92 Å². The molecule has 6 nitrogen and oxygen atoms in total. The Morgan fingerprint density at radius 1 is 1.09 bits per heavy atom. The summed E-state index contributed by atoms with van der Waals surface area (Å²) in [6.07, 6.45) is 13.1. The van der Waals surface area contributed by atoms with Gasteiger partial charge in [0, 0.05) is 44.1 Å². The molecule has 6 heteroatoms. The fourth-order valence-electron chi connectivity index (χ4n) is 3.72. The molecule has 0 radical (unpaired) electrons. The average molecular weight is 311 g/mol. The maximum Gasteiger partial charge on any atom is 0.225 e. The molecule has 2 aromatic heterocycles. The van der Waals surface area contributed by atoms with Gasteiger partial charge in [-0.1, -0.05) is 0 Å². The molecule has 4 rings (SSSR count). The molecule has 0 unspecified atom stereocenters. The Labute approximate surface area is 136 Å². The fraction of sp³-hybridized carbons (Fsp3) is 0.529. The molecule has 2 fully saturated rings. The Morgan fingerprint density at radius 3 is 2.65 bits per heavy atom. The van der Waals surface area contributed by atoms with Crippen LogP contribution in [0.2, 0.25) is 0 Å². The van der Waals surface area contributed by atoms with Gasteiger partial charge in [0.25, 0.3) is 0 Å². The van der Waals surface area contributed by atoms with E-state index < -0.39 is 0 Å². The first-order valence-corrected chi connectivity index (χ1v) is 8.24. The third-order valence-corrected chi connectivity index (χ3v) is 4.91. The summed E-state index contributed by atoms with van der Waals surface area (Å²) in [5.41, 5.74) is 1.10. The predicted molar refractivity (Wildman–Crippen MR) is 86.0 cm³/mol.